The van der Waals surface area contributed by atoms with E-state index in [1.54, 1.807) is 6.07 Å². The van der Waals surface area contributed by atoms with Crippen LogP contribution in [0.25, 0.3) is 11.3 Å². The van der Waals surface area contributed by atoms with Gasteiger partial charge in [-0.25, -0.2) is 13.8 Å². The number of aromatic nitrogens is 2. The molecule has 1 heterocycles. The molecule has 0 saturated carbocycles. The van der Waals surface area contributed by atoms with Crippen LogP contribution in [0.1, 0.15) is 5.82 Å². The number of hydrogen-bond donors (Lipinski definition) is 1. The first-order valence-electron chi connectivity index (χ1n) is 4.11. The molecule has 0 fully saturated rings. The number of benzene rings is 1. The van der Waals surface area contributed by atoms with Crippen LogP contribution in [0, 0.1) is 23.0 Å². The molecule has 0 aliphatic rings. The molecular formula is C10H5F2N3. The SMILES string of the molecule is N#Cc1ncc(-c2ccc(F)cc2F)[nH]1. The van der Waals surface area contributed by atoms with Gasteiger partial charge in [-0.3, -0.25) is 0 Å². The van der Waals surface area contributed by atoms with Gasteiger partial charge >= 0.3 is 0 Å². The second-order valence-corrected chi connectivity index (χ2v) is 2.88. The van der Waals surface area contributed by atoms with Crippen molar-refractivity contribution in [3.63, 3.8) is 0 Å². The monoisotopic (exact) mass is 205 g/mol. The van der Waals surface area contributed by atoms with Crippen LogP contribution in [0.15, 0.2) is 24.4 Å². The number of nitrogens with zero attached hydrogens (tertiary/aromatic N) is 2. The van der Waals surface area contributed by atoms with Crippen molar-refractivity contribution in [2.24, 2.45) is 0 Å². The normalized spacial score (nSPS) is 9.93. The van der Waals surface area contributed by atoms with Crippen molar-refractivity contribution in [2.45, 2.75) is 0 Å². The predicted octanol–water partition coefficient (Wildman–Crippen LogP) is 2.23. The van der Waals surface area contributed by atoms with Crippen molar-refractivity contribution >= 4 is 0 Å². The smallest absolute Gasteiger partial charge is 0.210 e. The minimum absolute atomic E-state index is 0.0914. The summed E-state index contributed by atoms with van der Waals surface area (Å²) in [6, 6.07) is 5.00. The minimum atomic E-state index is -0.692. The molecule has 2 aromatic rings. The molecule has 1 aromatic heterocycles. The lowest BCUT2D eigenvalue weighted by Crippen LogP contribution is -1.86. The molecule has 3 nitrogen and oxygen atoms in total. The molecule has 0 unspecified atom stereocenters. The van der Waals surface area contributed by atoms with Crippen molar-refractivity contribution < 1.29 is 8.78 Å². The van der Waals surface area contributed by atoms with Gasteiger partial charge in [-0.05, 0) is 12.1 Å². The number of nitrogens with one attached hydrogen (secondary N) is 1. The predicted molar refractivity (Wildman–Crippen MR) is 48.7 cm³/mol. The maximum absolute atomic E-state index is 13.3. The molecule has 15 heavy (non-hydrogen) atoms. The Kier molecular flexibility index (Phi) is 2.18. The van der Waals surface area contributed by atoms with Crippen LogP contribution in [-0.2, 0) is 0 Å². The van der Waals surface area contributed by atoms with Crippen molar-refractivity contribution in [2.75, 3.05) is 0 Å². The van der Waals surface area contributed by atoms with E-state index in [1.165, 1.54) is 12.3 Å². The Bertz CT molecular complexity index is 540. The number of halogens is 2. The highest BCUT2D eigenvalue weighted by Crippen LogP contribution is 2.21. The zero-order chi connectivity index (χ0) is 10.8. The van der Waals surface area contributed by atoms with E-state index in [2.05, 4.69) is 9.97 Å². The van der Waals surface area contributed by atoms with E-state index in [-0.39, 0.29) is 11.4 Å². The maximum atomic E-state index is 13.3. The zero-order valence-electron chi connectivity index (χ0n) is 7.46. The fraction of sp³-hybridized carbons (Fsp3) is 0. The number of aromatic amines is 1. The van der Waals surface area contributed by atoms with Crippen molar-refractivity contribution in [1.82, 2.24) is 9.97 Å². The summed E-state index contributed by atoms with van der Waals surface area (Å²) in [5, 5.41) is 8.51. The van der Waals surface area contributed by atoms with Gasteiger partial charge in [-0.2, -0.15) is 5.26 Å². The van der Waals surface area contributed by atoms with Gasteiger partial charge in [0.05, 0.1) is 11.9 Å². The van der Waals surface area contributed by atoms with Crippen LogP contribution in [0.3, 0.4) is 0 Å². The van der Waals surface area contributed by atoms with E-state index in [1.807, 2.05) is 0 Å². The van der Waals surface area contributed by atoms with Crippen LogP contribution < -0.4 is 0 Å². The third-order valence-electron chi connectivity index (χ3n) is 1.90. The summed E-state index contributed by atoms with van der Waals surface area (Å²) in [6.45, 7) is 0. The largest absolute Gasteiger partial charge is 0.329 e. The third kappa shape index (κ3) is 1.70. The van der Waals surface area contributed by atoms with Gasteiger partial charge in [-0.1, -0.05) is 0 Å². The first-order chi connectivity index (χ1) is 7.20. The van der Waals surface area contributed by atoms with Gasteiger partial charge < -0.3 is 4.98 Å². The van der Waals surface area contributed by atoms with Crippen LogP contribution in [-0.4, -0.2) is 9.97 Å². The maximum Gasteiger partial charge on any atom is 0.210 e. The summed E-state index contributed by atoms with van der Waals surface area (Å²) in [5.41, 5.74) is 0.537. The van der Waals surface area contributed by atoms with Gasteiger partial charge in [0.2, 0.25) is 5.82 Å². The highest BCUT2D eigenvalue weighted by Gasteiger charge is 2.08. The summed E-state index contributed by atoms with van der Waals surface area (Å²) in [5.74, 6) is -1.24. The zero-order valence-corrected chi connectivity index (χ0v) is 7.46. The molecule has 0 aliphatic heterocycles. The van der Waals surface area contributed by atoms with Gasteiger partial charge in [-0.15, -0.1) is 0 Å². The van der Waals surface area contributed by atoms with Gasteiger partial charge in [0.15, 0.2) is 0 Å². The first-order valence-corrected chi connectivity index (χ1v) is 4.11. The Balaban J connectivity index is 2.50. The molecule has 74 valence electrons. The van der Waals surface area contributed by atoms with Gasteiger partial charge in [0.1, 0.15) is 17.7 Å². The standard InChI is InChI=1S/C10H5F2N3/c11-6-1-2-7(8(12)3-6)9-5-14-10(4-13)15-9/h1-3,5H,(H,14,15). The molecule has 0 atom stereocenters. The lowest BCUT2D eigenvalue weighted by atomic mass is 10.1. The van der Waals surface area contributed by atoms with E-state index >= 15 is 0 Å². The molecule has 0 saturated heterocycles. The molecule has 0 spiro atoms. The van der Waals surface area contributed by atoms with E-state index in [9.17, 15) is 8.78 Å². The fourth-order valence-electron chi connectivity index (χ4n) is 1.22. The Hall–Kier alpha value is -2.22. The summed E-state index contributed by atoms with van der Waals surface area (Å²) in [4.78, 5) is 6.30. The minimum Gasteiger partial charge on any atom is -0.329 e. The van der Waals surface area contributed by atoms with Crippen LogP contribution >= 0.6 is 0 Å². The summed E-state index contributed by atoms with van der Waals surface area (Å²) < 4.78 is 25.9. The molecule has 2 rings (SSSR count). The average molecular weight is 205 g/mol. The second kappa shape index (κ2) is 3.50. The van der Waals surface area contributed by atoms with Gasteiger partial charge in [0.25, 0.3) is 0 Å². The first kappa shape index (κ1) is 9.34. The lowest BCUT2D eigenvalue weighted by molar-refractivity contribution is 0.585. The second-order valence-electron chi connectivity index (χ2n) is 2.88. The Morgan fingerprint density at radius 3 is 2.73 bits per heavy atom. The highest BCUT2D eigenvalue weighted by molar-refractivity contribution is 5.59. The summed E-state index contributed by atoms with van der Waals surface area (Å²) in [6.07, 6.45) is 1.33. The Morgan fingerprint density at radius 1 is 1.33 bits per heavy atom. The molecule has 5 heteroatoms. The molecular weight excluding hydrogens is 200 g/mol. The quantitative estimate of drug-likeness (QED) is 0.776. The number of imidazole rings is 1. The summed E-state index contributed by atoms with van der Waals surface area (Å²) >= 11 is 0. The number of nitriles is 1. The Morgan fingerprint density at radius 2 is 2.13 bits per heavy atom. The molecule has 1 N–H and O–H groups in total. The molecule has 1 aromatic carbocycles. The topological polar surface area (TPSA) is 52.5 Å². The van der Waals surface area contributed by atoms with E-state index in [0.29, 0.717) is 5.69 Å². The molecule has 0 radical (unpaired) electrons. The highest BCUT2D eigenvalue weighted by atomic mass is 19.1. The van der Waals surface area contributed by atoms with E-state index < -0.39 is 11.6 Å². The number of rotatable bonds is 1. The van der Waals surface area contributed by atoms with Crippen molar-refractivity contribution in [3.05, 3.63) is 41.9 Å². The molecule has 0 aliphatic carbocycles. The van der Waals surface area contributed by atoms with Gasteiger partial charge in [0, 0.05) is 11.6 Å². The average Bonchev–Trinajstić information content (AvgIpc) is 2.66. The van der Waals surface area contributed by atoms with Crippen LogP contribution in [0.4, 0.5) is 8.78 Å². The van der Waals surface area contributed by atoms with E-state index in [4.69, 9.17) is 5.26 Å². The number of H-pyrrole nitrogens is 1. The number of hydrogen-bond acceptors (Lipinski definition) is 2. The van der Waals surface area contributed by atoms with Crippen molar-refractivity contribution in [1.29, 1.82) is 5.26 Å². The molecule has 0 amide bonds. The lowest BCUT2D eigenvalue weighted by Gasteiger charge is -1.98. The third-order valence-corrected chi connectivity index (χ3v) is 1.90. The van der Waals surface area contributed by atoms with E-state index in [0.717, 1.165) is 12.1 Å². The molecule has 0 bridgehead atoms. The van der Waals surface area contributed by atoms with Crippen LogP contribution in [0.5, 0.6) is 0 Å². The summed E-state index contributed by atoms with van der Waals surface area (Å²) in [7, 11) is 0. The fourth-order valence-corrected chi connectivity index (χ4v) is 1.22. The van der Waals surface area contributed by atoms with Crippen molar-refractivity contribution in [3.8, 4) is 17.3 Å². The van der Waals surface area contributed by atoms with Crippen LogP contribution in [0.2, 0.25) is 0 Å². The Labute approximate surface area is 84.0 Å².